The minimum atomic E-state index is 0.542. The third kappa shape index (κ3) is 117. The van der Waals surface area contributed by atoms with Gasteiger partial charge in [0, 0.05) is 0 Å². The zero-order chi connectivity index (χ0) is 57.1. The van der Waals surface area contributed by atoms with E-state index in [0.717, 1.165) is 70.5 Å². The molecule has 4 saturated carbocycles. The molecule has 0 aromatic carbocycles. The normalized spacial score (nSPS) is 16.6. The Hall–Kier alpha value is 0. The van der Waals surface area contributed by atoms with E-state index in [1.807, 2.05) is 0 Å². The summed E-state index contributed by atoms with van der Waals surface area (Å²) in [7, 11) is 0. The zero-order valence-corrected chi connectivity index (χ0v) is 57.1. The molecule has 4 rings (SSSR count). The van der Waals surface area contributed by atoms with Gasteiger partial charge in [-0.2, -0.15) is 0 Å². The summed E-state index contributed by atoms with van der Waals surface area (Å²) in [6, 6.07) is 0. The van der Waals surface area contributed by atoms with E-state index in [1.165, 1.54) is 148 Å². The molecule has 4 fully saturated rings. The number of hydrogen-bond donors (Lipinski definition) is 0. The molecule has 70 heavy (non-hydrogen) atoms. The molecule has 0 spiro atoms. The second kappa shape index (κ2) is 58.3. The van der Waals surface area contributed by atoms with E-state index in [1.54, 1.807) is 0 Å². The maximum absolute atomic E-state index is 2.30. The Morgan fingerprint density at radius 1 is 0.429 bits per heavy atom. The molecule has 0 bridgehead atoms. The first-order valence-electron chi connectivity index (χ1n) is 32.1. The molecular formula is C70H156. The lowest BCUT2D eigenvalue weighted by Crippen LogP contribution is -2.00. The first-order chi connectivity index (χ1) is 32.1. The number of unbranched alkanes of at least 4 members (excludes halogenated alkanes) is 3. The largest absolute Gasteiger partial charge is 0.0654 e. The van der Waals surface area contributed by atoms with Crippen molar-refractivity contribution >= 4 is 0 Å². The monoisotopic (exact) mass is 997 g/mol. The average molecular weight is 998 g/mol. The molecule has 0 aliphatic heterocycles. The predicted molar refractivity (Wildman–Crippen MR) is 339 cm³/mol. The third-order valence-corrected chi connectivity index (χ3v) is 14.7. The lowest BCUT2D eigenvalue weighted by molar-refractivity contribution is 0.397. The van der Waals surface area contributed by atoms with Gasteiger partial charge in [0.05, 0.1) is 0 Å². The smallest absolute Gasteiger partial charge is 0.0354 e. The van der Waals surface area contributed by atoms with Crippen molar-refractivity contribution in [3.05, 3.63) is 0 Å². The van der Waals surface area contributed by atoms with Crippen molar-refractivity contribution in [2.75, 3.05) is 0 Å². The van der Waals surface area contributed by atoms with Crippen molar-refractivity contribution < 1.29 is 0 Å². The zero-order valence-electron chi connectivity index (χ0n) is 57.1. The Balaban J connectivity index is -0.0000000999. The minimum absolute atomic E-state index is 0.542. The van der Waals surface area contributed by atoms with Crippen molar-refractivity contribution in [2.24, 2.45) is 81.3 Å². The van der Waals surface area contributed by atoms with Gasteiger partial charge in [-0.25, -0.2) is 0 Å². The summed E-state index contributed by atoms with van der Waals surface area (Å²) in [5.74, 6) is 10.7. The fourth-order valence-corrected chi connectivity index (χ4v) is 4.57. The topological polar surface area (TPSA) is 0 Å². The van der Waals surface area contributed by atoms with Crippen LogP contribution in [0.25, 0.3) is 0 Å². The van der Waals surface area contributed by atoms with Gasteiger partial charge < -0.3 is 0 Å². The third-order valence-electron chi connectivity index (χ3n) is 14.7. The van der Waals surface area contributed by atoms with Gasteiger partial charge in [0.25, 0.3) is 0 Å². The van der Waals surface area contributed by atoms with Gasteiger partial charge in [0.1, 0.15) is 0 Å². The molecule has 2 atom stereocenters. The van der Waals surface area contributed by atoms with Gasteiger partial charge in [-0.3, -0.25) is 0 Å². The van der Waals surface area contributed by atoms with Crippen LogP contribution in [0.1, 0.15) is 376 Å². The van der Waals surface area contributed by atoms with Crippen LogP contribution >= 0.6 is 0 Å². The van der Waals surface area contributed by atoms with E-state index in [9.17, 15) is 0 Å². The molecule has 0 aromatic heterocycles. The number of hydrogen-bond acceptors (Lipinski definition) is 0. The molecule has 0 heterocycles. The van der Waals surface area contributed by atoms with Crippen LogP contribution in [0.15, 0.2) is 0 Å². The number of rotatable bonds is 15. The maximum atomic E-state index is 2.30. The Morgan fingerprint density at radius 2 is 0.686 bits per heavy atom. The van der Waals surface area contributed by atoms with E-state index < -0.39 is 0 Å². The first kappa shape index (κ1) is 86.7. The molecular weight excluding hydrogens is 841 g/mol. The SMILES string of the molecule is CC(C)C(C)C.CC(C)C1CC1.CC1(C)CC1.CC1CC1C.CCC(C)(C)C.CCC(C)(C)C.CCC(C)CC.CCC(C)CC.CCCC(C)C.CCCC(C)C.CCCC1CC1.CCCCCC. The predicted octanol–water partition coefficient (Wildman–Crippen LogP) is 27.3. The molecule has 436 valence electrons. The van der Waals surface area contributed by atoms with Gasteiger partial charge in [-0.1, -0.05) is 344 Å². The lowest BCUT2D eigenvalue weighted by Gasteiger charge is -2.12. The van der Waals surface area contributed by atoms with Gasteiger partial charge >= 0.3 is 0 Å². The molecule has 0 heteroatoms. The summed E-state index contributed by atoms with van der Waals surface area (Å²) in [4.78, 5) is 0. The van der Waals surface area contributed by atoms with Gasteiger partial charge in [0.2, 0.25) is 0 Å². The van der Waals surface area contributed by atoms with Crippen LogP contribution in [-0.2, 0) is 0 Å². The highest BCUT2D eigenvalue weighted by atomic mass is 14.4. The first-order valence-corrected chi connectivity index (χ1v) is 32.1. The molecule has 0 aromatic rings. The molecule has 4 aliphatic rings. The van der Waals surface area contributed by atoms with E-state index >= 15 is 0 Å². The molecule has 0 saturated heterocycles. The highest BCUT2D eigenvalue weighted by Crippen LogP contribution is 2.43. The molecule has 0 nitrogen and oxygen atoms in total. The summed E-state index contributed by atoms with van der Waals surface area (Å²) in [5, 5.41) is 0. The van der Waals surface area contributed by atoms with E-state index in [-0.39, 0.29) is 0 Å². The Morgan fingerprint density at radius 3 is 0.714 bits per heavy atom. The van der Waals surface area contributed by atoms with Gasteiger partial charge in [0.15, 0.2) is 0 Å². The summed E-state index contributed by atoms with van der Waals surface area (Å²) in [6.07, 6.45) is 32.1. The van der Waals surface area contributed by atoms with E-state index in [4.69, 9.17) is 0 Å². The summed E-state index contributed by atoms with van der Waals surface area (Å²) < 4.78 is 0. The van der Waals surface area contributed by atoms with Crippen LogP contribution in [0, 0.1) is 81.3 Å². The Bertz CT molecular complexity index is 800. The van der Waals surface area contributed by atoms with Crippen LogP contribution in [-0.4, -0.2) is 0 Å². The molecule has 0 N–H and O–H groups in total. The molecule has 4 aliphatic carbocycles. The van der Waals surface area contributed by atoms with Crippen molar-refractivity contribution in [1.29, 1.82) is 0 Å². The fourth-order valence-electron chi connectivity index (χ4n) is 4.57. The van der Waals surface area contributed by atoms with Crippen LogP contribution in [0.2, 0.25) is 0 Å². The summed E-state index contributed by atoms with van der Waals surface area (Å²) in [6.45, 7) is 74.3. The maximum Gasteiger partial charge on any atom is -0.0354 e. The van der Waals surface area contributed by atoms with E-state index in [0.29, 0.717) is 10.8 Å². The lowest BCUT2D eigenvalue weighted by atomic mass is 9.94. The highest BCUT2D eigenvalue weighted by molar-refractivity contribution is 4.82. The quantitative estimate of drug-likeness (QED) is 0.143. The van der Waals surface area contributed by atoms with Crippen LogP contribution in [0.4, 0.5) is 0 Å². The molecule has 2 unspecified atom stereocenters. The average Bonchev–Trinajstić information content (AvgIpc) is 4.05. The van der Waals surface area contributed by atoms with Crippen molar-refractivity contribution in [3.63, 3.8) is 0 Å². The Kier molecular flexibility index (Phi) is 72.2. The van der Waals surface area contributed by atoms with Crippen LogP contribution < -0.4 is 0 Å². The highest BCUT2D eigenvalue weighted by Gasteiger charge is 2.30. The summed E-state index contributed by atoms with van der Waals surface area (Å²) in [5.41, 5.74) is 1.83. The van der Waals surface area contributed by atoms with Crippen molar-refractivity contribution in [1.82, 2.24) is 0 Å². The Labute approximate surface area is 455 Å². The molecule has 0 radical (unpaired) electrons. The van der Waals surface area contributed by atoms with Gasteiger partial charge in [-0.15, -0.1) is 0 Å². The van der Waals surface area contributed by atoms with E-state index in [2.05, 4.69) is 228 Å². The minimum Gasteiger partial charge on any atom is -0.0654 e. The summed E-state index contributed by atoms with van der Waals surface area (Å²) >= 11 is 0. The second-order valence-corrected chi connectivity index (χ2v) is 27.9. The standard InChI is InChI=1S/2C6H12.8C6H14.2C5H10/c1-5(2)6-3-4-6;1-2-3-6-4-5-6;2*1-5-6(2,3)4;1-5(2)6(3)4;2*1-4-5-6(2)3;2*1-4-6(3)5-2;1-3-5-6-4-2;1-5(2)3-4-5;1-4-3-5(4)2/h5-6H,3-4H2,1-2H3;6H,2-5H2,1H3;2*5H2,1-4H3;5-6H,1-4H3;4*6H,4-5H2,1-3H3;3-6H2,1-2H3;3-4H2,1-2H3;4-5H,3H2,1-2H3. The molecule has 0 amide bonds. The van der Waals surface area contributed by atoms with Crippen molar-refractivity contribution in [3.8, 4) is 0 Å². The fraction of sp³-hybridized carbons (Fsp3) is 1.00. The van der Waals surface area contributed by atoms with Crippen LogP contribution in [0.3, 0.4) is 0 Å². The second-order valence-electron chi connectivity index (χ2n) is 27.9. The van der Waals surface area contributed by atoms with Crippen LogP contribution in [0.5, 0.6) is 0 Å². The van der Waals surface area contributed by atoms with Crippen molar-refractivity contribution in [2.45, 2.75) is 376 Å². The van der Waals surface area contributed by atoms with Gasteiger partial charge in [-0.05, 0) is 113 Å².